The summed E-state index contributed by atoms with van der Waals surface area (Å²) >= 11 is 3.44. The zero-order valence-corrected chi connectivity index (χ0v) is 14.4. The third kappa shape index (κ3) is 6.82. The van der Waals surface area contributed by atoms with Crippen LogP contribution in [0.2, 0.25) is 0 Å². The minimum absolute atomic E-state index is 0.158. The molecule has 6 heteroatoms. The van der Waals surface area contributed by atoms with Crippen molar-refractivity contribution in [3.05, 3.63) is 28.2 Å². The Morgan fingerprint density at radius 3 is 2.86 bits per heavy atom. The first-order valence-corrected chi connectivity index (χ1v) is 7.74. The van der Waals surface area contributed by atoms with Crippen molar-refractivity contribution in [1.82, 2.24) is 5.32 Å². The Hall–Kier alpha value is -1.27. The van der Waals surface area contributed by atoms with Crippen LogP contribution in [0.1, 0.15) is 18.9 Å². The van der Waals surface area contributed by atoms with Gasteiger partial charge in [0.25, 0.3) is 0 Å². The molecule has 0 saturated carbocycles. The van der Waals surface area contributed by atoms with Crippen molar-refractivity contribution in [3.63, 3.8) is 0 Å². The van der Waals surface area contributed by atoms with Gasteiger partial charge in [-0.2, -0.15) is 0 Å². The highest BCUT2D eigenvalue weighted by atomic mass is 79.9. The van der Waals surface area contributed by atoms with Crippen molar-refractivity contribution >= 4 is 21.9 Å². The van der Waals surface area contributed by atoms with Crippen LogP contribution in [0.3, 0.4) is 0 Å². The van der Waals surface area contributed by atoms with Crippen LogP contribution in [0.25, 0.3) is 0 Å². The van der Waals surface area contributed by atoms with E-state index in [0.29, 0.717) is 19.1 Å². The second-order valence-corrected chi connectivity index (χ2v) is 5.74. The number of aliphatic imine (C=N–C) groups is 1. The third-order valence-electron chi connectivity index (χ3n) is 2.95. The van der Waals surface area contributed by atoms with Gasteiger partial charge < -0.3 is 20.5 Å². The van der Waals surface area contributed by atoms with E-state index in [0.717, 1.165) is 23.1 Å². The lowest BCUT2D eigenvalue weighted by Gasteiger charge is -2.13. The number of nitrogens with one attached hydrogen (secondary N) is 1. The summed E-state index contributed by atoms with van der Waals surface area (Å²) in [6.07, 6.45) is 1.82. The number of guanidine groups is 1. The normalized spacial score (nSPS) is 13.0. The van der Waals surface area contributed by atoms with Crippen molar-refractivity contribution in [1.29, 1.82) is 0 Å². The van der Waals surface area contributed by atoms with Crippen LogP contribution in [0.4, 0.5) is 0 Å². The fraction of sp³-hybridized carbons (Fsp3) is 0.533. The van der Waals surface area contributed by atoms with Crippen LogP contribution in [0.5, 0.6) is 5.75 Å². The van der Waals surface area contributed by atoms with Gasteiger partial charge in [0, 0.05) is 24.2 Å². The van der Waals surface area contributed by atoms with Crippen molar-refractivity contribution in [2.45, 2.75) is 25.8 Å². The number of nitrogens with zero attached hydrogens (tertiary/aromatic N) is 1. The number of methoxy groups -OCH3 is 2. The molecule has 0 amide bonds. The van der Waals surface area contributed by atoms with E-state index >= 15 is 0 Å². The number of halogens is 1. The summed E-state index contributed by atoms with van der Waals surface area (Å²) in [5, 5.41) is 3.08. The Morgan fingerprint density at radius 2 is 2.19 bits per heavy atom. The second-order valence-electron chi connectivity index (χ2n) is 4.83. The number of hydrogen-bond acceptors (Lipinski definition) is 3. The van der Waals surface area contributed by atoms with E-state index in [1.165, 1.54) is 5.56 Å². The van der Waals surface area contributed by atoms with Crippen LogP contribution in [0.15, 0.2) is 27.7 Å². The lowest BCUT2D eigenvalue weighted by atomic mass is 10.1. The number of rotatable bonds is 8. The standard InChI is InChI=1S/C15H24BrN3O2/c1-11(10-20-2)19-15(17)18-8-4-5-12-6-7-13(16)9-14(12)21-3/h6-7,9,11H,4-5,8,10H2,1-3H3,(H3,17,18,19). The molecule has 0 aromatic heterocycles. The van der Waals surface area contributed by atoms with Crippen LogP contribution < -0.4 is 15.8 Å². The summed E-state index contributed by atoms with van der Waals surface area (Å²) in [6, 6.07) is 6.21. The minimum Gasteiger partial charge on any atom is -0.496 e. The molecule has 0 saturated heterocycles. The highest BCUT2D eigenvalue weighted by molar-refractivity contribution is 9.10. The monoisotopic (exact) mass is 357 g/mol. The zero-order chi connectivity index (χ0) is 15.7. The Kier molecular flexibility index (Phi) is 8.15. The lowest BCUT2D eigenvalue weighted by Crippen LogP contribution is -2.40. The van der Waals surface area contributed by atoms with Gasteiger partial charge in [0.2, 0.25) is 0 Å². The van der Waals surface area contributed by atoms with Gasteiger partial charge >= 0.3 is 0 Å². The summed E-state index contributed by atoms with van der Waals surface area (Å²) in [6.45, 7) is 3.28. The van der Waals surface area contributed by atoms with E-state index in [2.05, 4.69) is 32.3 Å². The molecule has 0 fully saturated rings. The van der Waals surface area contributed by atoms with Crippen molar-refractivity contribution in [2.75, 3.05) is 27.4 Å². The first-order chi connectivity index (χ1) is 10.1. The van der Waals surface area contributed by atoms with E-state index in [9.17, 15) is 0 Å². The molecule has 0 heterocycles. The molecule has 0 aliphatic rings. The predicted molar refractivity (Wildman–Crippen MR) is 90.0 cm³/mol. The number of hydrogen-bond donors (Lipinski definition) is 2. The second kappa shape index (κ2) is 9.63. The fourth-order valence-corrected chi connectivity index (χ4v) is 2.32. The smallest absolute Gasteiger partial charge is 0.188 e. The van der Waals surface area contributed by atoms with Gasteiger partial charge in [-0.3, -0.25) is 4.99 Å². The van der Waals surface area contributed by atoms with Gasteiger partial charge in [-0.15, -0.1) is 0 Å². The molecule has 3 N–H and O–H groups in total. The van der Waals surface area contributed by atoms with E-state index in [-0.39, 0.29) is 6.04 Å². The Morgan fingerprint density at radius 1 is 1.43 bits per heavy atom. The molecule has 5 nitrogen and oxygen atoms in total. The molecule has 1 unspecified atom stereocenters. The summed E-state index contributed by atoms with van der Waals surface area (Å²) in [7, 11) is 3.35. The molecule has 1 aromatic carbocycles. The maximum Gasteiger partial charge on any atom is 0.188 e. The van der Waals surface area contributed by atoms with Crippen molar-refractivity contribution in [3.8, 4) is 5.75 Å². The first kappa shape index (κ1) is 17.8. The molecule has 0 aliphatic heterocycles. The number of ether oxygens (including phenoxy) is 2. The molecule has 1 aromatic rings. The van der Waals surface area contributed by atoms with Gasteiger partial charge in [-0.25, -0.2) is 0 Å². The average Bonchev–Trinajstić information content (AvgIpc) is 2.44. The van der Waals surface area contributed by atoms with Gasteiger partial charge in [0.1, 0.15) is 5.75 Å². The number of nitrogens with two attached hydrogens (primary N) is 1. The number of benzene rings is 1. The third-order valence-corrected chi connectivity index (χ3v) is 3.44. The maximum absolute atomic E-state index is 5.81. The Bertz CT molecular complexity index is 466. The van der Waals surface area contributed by atoms with Gasteiger partial charge in [-0.05, 0) is 37.5 Å². The van der Waals surface area contributed by atoms with Crippen LogP contribution in [-0.4, -0.2) is 39.4 Å². The summed E-state index contributed by atoms with van der Waals surface area (Å²) in [4.78, 5) is 4.31. The minimum atomic E-state index is 0.158. The molecule has 0 aliphatic carbocycles. The van der Waals surface area contributed by atoms with E-state index in [1.807, 2.05) is 19.1 Å². The molecule has 118 valence electrons. The molecule has 1 atom stereocenters. The van der Waals surface area contributed by atoms with Gasteiger partial charge in [0.15, 0.2) is 5.96 Å². The Balaban J connectivity index is 2.40. The summed E-state index contributed by atoms with van der Waals surface area (Å²) in [5.74, 6) is 1.36. The fourth-order valence-electron chi connectivity index (χ4n) is 1.98. The highest BCUT2D eigenvalue weighted by Crippen LogP contribution is 2.24. The highest BCUT2D eigenvalue weighted by Gasteiger charge is 2.04. The van der Waals surface area contributed by atoms with E-state index < -0.39 is 0 Å². The summed E-state index contributed by atoms with van der Waals surface area (Å²) < 4.78 is 11.4. The maximum atomic E-state index is 5.81. The van der Waals surface area contributed by atoms with E-state index in [1.54, 1.807) is 14.2 Å². The molecule has 0 spiro atoms. The largest absolute Gasteiger partial charge is 0.496 e. The molecule has 21 heavy (non-hydrogen) atoms. The quantitative estimate of drug-likeness (QED) is 0.425. The van der Waals surface area contributed by atoms with Crippen LogP contribution in [-0.2, 0) is 11.2 Å². The van der Waals surface area contributed by atoms with E-state index in [4.69, 9.17) is 15.2 Å². The van der Waals surface area contributed by atoms with Crippen LogP contribution in [0, 0.1) is 0 Å². The van der Waals surface area contributed by atoms with Crippen molar-refractivity contribution in [2.24, 2.45) is 10.7 Å². The molecule has 0 bridgehead atoms. The van der Waals surface area contributed by atoms with Gasteiger partial charge in [0.05, 0.1) is 13.7 Å². The molecular weight excluding hydrogens is 334 g/mol. The lowest BCUT2D eigenvalue weighted by molar-refractivity contribution is 0.179. The van der Waals surface area contributed by atoms with Crippen molar-refractivity contribution < 1.29 is 9.47 Å². The average molecular weight is 358 g/mol. The first-order valence-electron chi connectivity index (χ1n) is 6.94. The Labute approximate surface area is 135 Å². The van der Waals surface area contributed by atoms with Crippen LogP contribution >= 0.6 is 15.9 Å². The predicted octanol–water partition coefficient (Wildman–Crippen LogP) is 2.33. The molecule has 0 radical (unpaired) electrons. The topological polar surface area (TPSA) is 68.9 Å². The zero-order valence-electron chi connectivity index (χ0n) is 12.9. The molecule has 1 rings (SSSR count). The SMILES string of the molecule is COCC(C)NC(N)=NCCCc1ccc(Br)cc1OC. The summed E-state index contributed by atoms with van der Waals surface area (Å²) in [5.41, 5.74) is 6.99. The molecular formula is C15H24BrN3O2. The van der Waals surface area contributed by atoms with Gasteiger partial charge in [-0.1, -0.05) is 22.0 Å². The number of aryl methyl sites for hydroxylation is 1.